The van der Waals surface area contributed by atoms with Crippen LogP contribution in [0.4, 0.5) is 16.3 Å². The van der Waals surface area contributed by atoms with Crippen molar-refractivity contribution < 1.29 is 17.9 Å². The Hall–Kier alpha value is -2.61. The summed E-state index contributed by atoms with van der Waals surface area (Å²) in [7, 11) is -3.32. The Morgan fingerprint density at radius 2 is 1.89 bits per heavy atom. The summed E-state index contributed by atoms with van der Waals surface area (Å²) in [5.74, 6) is 0.917. The number of anilines is 2. The van der Waals surface area contributed by atoms with Crippen molar-refractivity contribution in [3.8, 4) is 0 Å². The lowest BCUT2D eigenvalue weighted by Crippen LogP contribution is -2.16. The predicted octanol–water partition coefficient (Wildman–Crippen LogP) is 4.32. The van der Waals surface area contributed by atoms with Crippen molar-refractivity contribution in [2.24, 2.45) is 0 Å². The number of pyridine rings is 1. The second kappa shape index (κ2) is 9.54. The molecule has 0 aliphatic heterocycles. The molecule has 0 spiro atoms. The topological polar surface area (TPSA) is 97.4 Å². The molecule has 0 saturated carbocycles. The van der Waals surface area contributed by atoms with Crippen LogP contribution in [0.25, 0.3) is 0 Å². The first kappa shape index (κ1) is 21.7. The fraction of sp³-hybridized carbons (Fsp3) is 0.400. The predicted molar refractivity (Wildman–Crippen MR) is 111 cm³/mol. The molecule has 1 aromatic carbocycles. The number of amides is 1. The third-order valence-corrected chi connectivity index (χ3v) is 4.83. The van der Waals surface area contributed by atoms with E-state index in [4.69, 9.17) is 4.74 Å². The lowest BCUT2D eigenvalue weighted by atomic mass is 9.98. The van der Waals surface area contributed by atoms with Gasteiger partial charge in [-0.05, 0) is 47.6 Å². The Balaban J connectivity index is 1.82. The van der Waals surface area contributed by atoms with Crippen LogP contribution in [0.5, 0.6) is 0 Å². The van der Waals surface area contributed by atoms with E-state index in [0.29, 0.717) is 23.8 Å². The van der Waals surface area contributed by atoms with Gasteiger partial charge in [-0.1, -0.05) is 39.0 Å². The molecule has 0 aliphatic rings. The van der Waals surface area contributed by atoms with Crippen LogP contribution in [-0.2, 0) is 14.8 Å². The summed E-state index contributed by atoms with van der Waals surface area (Å²) >= 11 is 0. The van der Waals surface area contributed by atoms with Crippen LogP contribution in [0.15, 0.2) is 42.6 Å². The van der Waals surface area contributed by atoms with E-state index in [1.54, 1.807) is 30.5 Å². The fourth-order valence-corrected chi connectivity index (χ4v) is 3.13. The summed E-state index contributed by atoms with van der Waals surface area (Å²) in [6, 6.07) is 10.9. The van der Waals surface area contributed by atoms with Gasteiger partial charge in [0, 0.05) is 11.9 Å². The quantitative estimate of drug-likeness (QED) is 0.682. The van der Waals surface area contributed by atoms with Gasteiger partial charge in [0.25, 0.3) is 0 Å². The lowest BCUT2D eigenvalue weighted by Gasteiger charge is -2.14. The van der Waals surface area contributed by atoms with Crippen molar-refractivity contribution in [1.29, 1.82) is 0 Å². The standard InChI is InChI=1S/C20H27N3O4S/c1-14(2)17-8-9-19(21-13-17)22-20(24)27-11-10-15(3)16-6-5-7-18(12-16)23-28(4,25)26/h5-9,12-15,23H,10-11H2,1-4H3,(H,21,22,24). The molecule has 0 saturated heterocycles. The zero-order valence-corrected chi connectivity index (χ0v) is 17.4. The highest BCUT2D eigenvalue weighted by Gasteiger charge is 2.10. The Morgan fingerprint density at radius 3 is 2.50 bits per heavy atom. The molecule has 0 aliphatic carbocycles. The summed E-state index contributed by atoms with van der Waals surface area (Å²) in [6.45, 7) is 6.38. The number of carbonyl (C=O) groups excluding carboxylic acids is 1. The number of hydrogen-bond donors (Lipinski definition) is 2. The van der Waals surface area contributed by atoms with Crippen molar-refractivity contribution in [2.45, 2.75) is 39.0 Å². The summed E-state index contributed by atoms with van der Waals surface area (Å²) in [6.07, 6.45) is 2.90. The van der Waals surface area contributed by atoms with Crippen molar-refractivity contribution in [3.05, 3.63) is 53.7 Å². The van der Waals surface area contributed by atoms with Crippen LogP contribution in [0.3, 0.4) is 0 Å². The van der Waals surface area contributed by atoms with E-state index < -0.39 is 16.1 Å². The molecule has 7 nitrogen and oxygen atoms in total. The molecule has 2 rings (SSSR count). The molecule has 0 bridgehead atoms. The molecule has 2 aromatic rings. The molecule has 0 radical (unpaired) electrons. The maximum absolute atomic E-state index is 11.9. The van der Waals surface area contributed by atoms with E-state index in [1.807, 2.05) is 19.1 Å². The van der Waals surface area contributed by atoms with Gasteiger partial charge in [-0.15, -0.1) is 0 Å². The molecular weight excluding hydrogens is 378 g/mol. The lowest BCUT2D eigenvalue weighted by molar-refractivity contribution is 0.158. The molecule has 1 heterocycles. The van der Waals surface area contributed by atoms with E-state index in [9.17, 15) is 13.2 Å². The minimum absolute atomic E-state index is 0.0950. The zero-order chi connectivity index (χ0) is 20.7. The minimum atomic E-state index is -3.32. The van der Waals surface area contributed by atoms with Gasteiger partial charge in [0.2, 0.25) is 10.0 Å². The zero-order valence-electron chi connectivity index (χ0n) is 16.6. The number of rotatable bonds is 8. The molecule has 1 amide bonds. The van der Waals surface area contributed by atoms with Gasteiger partial charge >= 0.3 is 6.09 Å². The van der Waals surface area contributed by atoms with Crippen molar-refractivity contribution >= 4 is 27.6 Å². The molecular formula is C20H27N3O4S. The average Bonchev–Trinajstić information content (AvgIpc) is 2.61. The highest BCUT2D eigenvalue weighted by atomic mass is 32.2. The fourth-order valence-electron chi connectivity index (χ4n) is 2.58. The number of ether oxygens (including phenoxy) is 1. The monoisotopic (exact) mass is 405 g/mol. The number of benzene rings is 1. The number of hydrogen-bond acceptors (Lipinski definition) is 5. The average molecular weight is 406 g/mol. The van der Waals surface area contributed by atoms with Gasteiger partial charge in [0.15, 0.2) is 0 Å². The Labute approximate surface area is 166 Å². The summed E-state index contributed by atoms with van der Waals surface area (Å²) in [5.41, 5.74) is 2.57. The maximum atomic E-state index is 11.9. The Morgan fingerprint density at radius 1 is 1.14 bits per heavy atom. The van der Waals surface area contributed by atoms with E-state index in [-0.39, 0.29) is 12.5 Å². The van der Waals surface area contributed by atoms with Crippen LogP contribution in [0.2, 0.25) is 0 Å². The molecule has 0 fully saturated rings. The minimum Gasteiger partial charge on any atom is -0.449 e. The summed E-state index contributed by atoms with van der Waals surface area (Å²) in [4.78, 5) is 16.1. The number of nitrogens with one attached hydrogen (secondary N) is 2. The molecule has 1 atom stereocenters. The molecule has 2 N–H and O–H groups in total. The normalized spacial score (nSPS) is 12.5. The highest BCUT2D eigenvalue weighted by molar-refractivity contribution is 7.92. The smallest absolute Gasteiger partial charge is 0.412 e. The van der Waals surface area contributed by atoms with Crippen molar-refractivity contribution in [3.63, 3.8) is 0 Å². The summed E-state index contributed by atoms with van der Waals surface area (Å²) in [5, 5.41) is 2.61. The van der Waals surface area contributed by atoms with Gasteiger partial charge in [-0.25, -0.2) is 18.2 Å². The van der Waals surface area contributed by atoms with Crippen LogP contribution in [0, 0.1) is 0 Å². The van der Waals surface area contributed by atoms with Gasteiger partial charge < -0.3 is 4.74 Å². The number of aromatic nitrogens is 1. The summed E-state index contributed by atoms with van der Waals surface area (Å²) < 4.78 is 30.4. The Bertz CT molecular complexity index is 896. The van der Waals surface area contributed by atoms with Crippen LogP contribution < -0.4 is 10.0 Å². The van der Waals surface area contributed by atoms with E-state index in [2.05, 4.69) is 28.9 Å². The second-order valence-corrected chi connectivity index (χ2v) is 8.83. The molecule has 1 aromatic heterocycles. The van der Waals surface area contributed by atoms with Gasteiger partial charge in [-0.3, -0.25) is 10.0 Å². The Kier molecular flexibility index (Phi) is 7.39. The third-order valence-electron chi connectivity index (χ3n) is 4.23. The van der Waals surface area contributed by atoms with Gasteiger partial charge in [-0.2, -0.15) is 0 Å². The molecule has 28 heavy (non-hydrogen) atoms. The number of sulfonamides is 1. The highest BCUT2D eigenvalue weighted by Crippen LogP contribution is 2.22. The first-order valence-corrected chi connectivity index (χ1v) is 11.0. The van der Waals surface area contributed by atoms with Crippen molar-refractivity contribution in [1.82, 2.24) is 4.98 Å². The van der Waals surface area contributed by atoms with Crippen LogP contribution in [0.1, 0.15) is 50.2 Å². The molecule has 8 heteroatoms. The first-order valence-electron chi connectivity index (χ1n) is 9.11. The molecule has 152 valence electrons. The van der Waals surface area contributed by atoms with Gasteiger partial charge in [0.1, 0.15) is 5.82 Å². The van der Waals surface area contributed by atoms with Crippen LogP contribution in [-0.4, -0.2) is 32.4 Å². The first-order chi connectivity index (χ1) is 13.1. The van der Waals surface area contributed by atoms with Gasteiger partial charge in [0.05, 0.1) is 12.9 Å². The second-order valence-electron chi connectivity index (χ2n) is 7.08. The third kappa shape index (κ3) is 7.19. The molecule has 1 unspecified atom stereocenters. The van der Waals surface area contributed by atoms with Crippen LogP contribution >= 0.6 is 0 Å². The van der Waals surface area contributed by atoms with E-state index in [0.717, 1.165) is 17.4 Å². The maximum Gasteiger partial charge on any atom is 0.412 e. The largest absolute Gasteiger partial charge is 0.449 e. The number of nitrogens with zero attached hydrogens (tertiary/aromatic N) is 1. The van der Waals surface area contributed by atoms with E-state index in [1.165, 1.54) is 0 Å². The SMILES string of the molecule is CC(C)c1ccc(NC(=O)OCCC(C)c2cccc(NS(C)(=O)=O)c2)nc1. The number of carbonyl (C=O) groups is 1. The van der Waals surface area contributed by atoms with E-state index >= 15 is 0 Å². The van der Waals surface area contributed by atoms with Crippen molar-refractivity contribution in [2.75, 3.05) is 22.9 Å².